The quantitative estimate of drug-likeness (QED) is 0.671. The Morgan fingerprint density at radius 2 is 2.10 bits per heavy atom. The number of benzene rings is 1. The molecule has 0 amide bonds. The molecule has 0 saturated carbocycles. The molecule has 1 aliphatic heterocycles. The highest BCUT2D eigenvalue weighted by molar-refractivity contribution is 5.90. The van der Waals surface area contributed by atoms with Crippen molar-refractivity contribution in [3.05, 3.63) is 51.9 Å². The Morgan fingerprint density at radius 1 is 1.24 bits per heavy atom. The van der Waals surface area contributed by atoms with Gasteiger partial charge in [0.05, 0.1) is 5.52 Å². The lowest BCUT2D eigenvalue weighted by atomic mass is 10.1. The van der Waals surface area contributed by atoms with Gasteiger partial charge >= 0.3 is 0 Å². The van der Waals surface area contributed by atoms with Gasteiger partial charge in [-0.15, -0.1) is 0 Å². The molecule has 0 saturated heterocycles. The highest BCUT2D eigenvalue weighted by Crippen LogP contribution is 2.27. The van der Waals surface area contributed by atoms with Gasteiger partial charge in [-0.2, -0.15) is 5.10 Å². The van der Waals surface area contributed by atoms with Crippen molar-refractivity contribution in [2.24, 2.45) is 0 Å². The minimum Gasteiger partial charge on any atom is -0.338 e. The summed E-state index contributed by atoms with van der Waals surface area (Å²) in [5.41, 5.74) is 4.19. The minimum absolute atomic E-state index is 0.148. The molecular weight excluding hydrogens is 266 g/mol. The number of nitrogens with zero attached hydrogens (tertiary/aromatic N) is 2. The smallest absolute Gasteiger partial charge is 0.261 e. The molecule has 3 heterocycles. The molecular formula is C15H15N5O. The molecule has 0 aliphatic carbocycles. The Kier molecular flexibility index (Phi) is 2.58. The van der Waals surface area contributed by atoms with Gasteiger partial charge in [-0.3, -0.25) is 14.8 Å². The SMILES string of the molecule is CN1Cc2ccc(Nc3n[nH]c4cc[nH]c(=O)c34)cc2C1. The molecule has 3 aromatic rings. The molecule has 0 bridgehead atoms. The predicted octanol–water partition coefficient (Wildman–Crippen LogP) is 1.94. The van der Waals surface area contributed by atoms with Crippen molar-refractivity contribution in [3.8, 4) is 0 Å². The predicted molar refractivity (Wildman–Crippen MR) is 81.6 cm³/mol. The maximum Gasteiger partial charge on any atom is 0.261 e. The van der Waals surface area contributed by atoms with Crippen LogP contribution in [0, 0.1) is 0 Å². The number of hydrogen-bond acceptors (Lipinski definition) is 4. The second-order valence-electron chi connectivity index (χ2n) is 5.45. The summed E-state index contributed by atoms with van der Waals surface area (Å²) in [6, 6.07) is 8.07. The first-order valence-electron chi connectivity index (χ1n) is 6.84. The van der Waals surface area contributed by atoms with Gasteiger partial charge in [0.2, 0.25) is 0 Å². The standard InChI is InChI=1S/C15H15N5O/c1-20-7-9-2-3-11(6-10(9)8-20)17-14-13-12(18-19-14)4-5-16-15(13)21/h2-6H,7-8H2,1H3,(H,16,21)(H2,17,18,19). The van der Waals surface area contributed by atoms with Gasteiger partial charge in [0, 0.05) is 25.0 Å². The van der Waals surface area contributed by atoms with Crippen LogP contribution >= 0.6 is 0 Å². The molecule has 2 aromatic heterocycles. The third kappa shape index (κ3) is 2.00. The Morgan fingerprint density at radius 3 is 3.00 bits per heavy atom. The molecule has 0 fully saturated rings. The third-order valence-electron chi connectivity index (χ3n) is 3.84. The van der Waals surface area contributed by atoms with Crippen LogP contribution in [-0.4, -0.2) is 27.1 Å². The van der Waals surface area contributed by atoms with E-state index in [1.165, 1.54) is 11.1 Å². The summed E-state index contributed by atoms with van der Waals surface area (Å²) in [7, 11) is 2.11. The molecule has 4 rings (SSSR count). The molecule has 0 unspecified atom stereocenters. The van der Waals surface area contributed by atoms with E-state index in [1.54, 1.807) is 12.3 Å². The molecule has 6 heteroatoms. The molecule has 3 N–H and O–H groups in total. The molecule has 106 valence electrons. The van der Waals surface area contributed by atoms with Gasteiger partial charge in [0.15, 0.2) is 5.82 Å². The number of anilines is 2. The molecule has 21 heavy (non-hydrogen) atoms. The fraction of sp³-hybridized carbons (Fsp3) is 0.200. The van der Waals surface area contributed by atoms with Crippen LogP contribution in [0.1, 0.15) is 11.1 Å². The van der Waals surface area contributed by atoms with E-state index in [-0.39, 0.29) is 5.56 Å². The van der Waals surface area contributed by atoms with Crippen molar-refractivity contribution in [1.82, 2.24) is 20.1 Å². The number of rotatable bonds is 2. The lowest BCUT2D eigenvalue weighted by Crippen LogP contribution is -2.07. The fourth-order valence-electron chi connectivity index (χ4n) is 2.85. The van der Waals surface area contributed by atoms with Crippen molar-refractivity contribution in [2.45, 2.75) is 13.1 Å². The van der Waals surface area contributed by atoms with Crippen LogP contribution < -0.4 is 10.9 Å². The van der Waals surface area contributed by atoms with Gasteiger partial charge in [-0.1, -0.05) is 6.07 Å². The van der Waals surface area contributed by atoms with Crippen molar-refractivity contribution in [3.63, 3.8) is 0 Å². The second-order valence-corrected chi connectivity index (χ2v) is 5.45. The minimum atomic E-state index is -0.148. The van der Waals surface area contributed by atoms with Crippen LogP contribution in [0.5, 0.6) is 0 Å². The number of pyridine rings is 1. The van der Waals surface area contributed by atoms with Crippen LogP contribution in [0.2, 0.25) is 0 Å². The number of H-pyrrole nitrogens is 2. The van der Waals surface area contributed by atoms with E-state index in [0.717, 1.165) is 24.3 Å². The maximum atomic E-state index is 11.9. The van der Waals surface area contributed by atoms with Gasteiger partial charge in [-0.05, 0) is 36.4 Å². The van der Waals surface area contributed by atoms with Gasteiger partial charge in [0.25, 0.3) is 5.56 Å². The summed E-state index contributed by atoms with van der Waals surface area (Å²) in [5.74, 6) is 0.554. The monoisotopic (exact) mass is 281 g/mol. The van der Waals surface area contributed by atoms with Crippen LogP contribution in [0.25, 0.3) is 10.9 Å². The lowest BCUT2D eigenvalue weighted by Gasteiger charge is -2.05. The second kappa shape index (κ2) is 4.46. The van der Waals surface area contributed by atoms with E-state index in [1.807, 2.05) is 6.07 Å². The van der Waals surface area contributed by atoms with Gasteiger partial charge in [-0.25, -0.2) is 0 Å². The first-order valence-corrected chi connectivity index (χ1v) is 6.84. The van der Waals surface area contributed by atoms with Crippen molar-refractivity contribution < 1.29 is 0 Å². The summed E-state index contributed by atoms with van der Waals surface area (Å²) in [4.78, 5) is 16.9. The van der Waals surface area contributed by atoms with Gasteiger partial charge in [0.1, 0.15) is 5.39 Å². The van der Waals surface area contributed by atoms with Crippen LogP contribution in [0.3, 0.4) is 0 Å². The summed E-state index contributed by atoms with van der Waals surface area (Å²) in [5, 5.41) is 10.8. The first-order chi connectivity index (χ1) is 10.2. The zero-order chi connectivity index (χ0) is 14.4. The summed E-state index contributed by atoms with van der Waals surface area (Å²) < 4.78 is 0. The van der Waals surface area contributed by atoms with Crippen LogP contribution in [-0.2, 0) is 13.1 Å². The summed E-state index contributed by atoms with van der Waals surface area (Å²) >= 11 is 0. The number of nitrogens with one attached hydrogen (secondary N) is 3. The van der Waals surface area contributed by atoms with Crippen molar-refractivity contribution in [2.75, 3.05) is 12.4 Å². The average molecular weight is 281 g/mol. The topological polar surface area (TPSA) is 76.8 Å². The van der Waals surface area contributed by atoms with Crippen molar-refractivity contribution in [1.29, 1.82) is 0 Å². The number of hydrogen-bond donors (Lipinski definition) is 3. The number of fused-ring (bicyclic) bond motifs is 2. The van der Waals surface area contributed by atoms with Crippen molar-refractivity contribution >= 4 is 22.4 Å². The van der Waals surface area contributed by atoms with Crippen LogP contribution in [0.4, 0.5) is 11.5 Å². The van der Waals surface area contributed by atoms with Gasteiger partial charge < -0.3 is 10.3 Å². The lowest BCUT2D eigenvalue weighted by molar-refractivity contribution is 0.353. The van der Waals surface area contributed by atoms with E-state index >= 15 is 0 Å². The normalized spacial score (nSPS) is 14.5. The zero-order valence-electron chi connectivity index (χ0n) is 11.6. The molecule has 1 aromatic carbocycles. The summed E-state index contributed by atoms with van der Waals surface area (Å²) in [6.07, 6.45) is 1.61. The maximum absolute atomic E-state index is 11.9. The molecule has 0 atom stereocenters. The molecule has 0 spiro atoms. The van der Waals surface area contributed by atoms with E-state index in [4.69, 9.17) is 0 Å². The molecule has 0 radical (unpaired) electrons. The Hall–Kier alpha value is -2.60. The third-order valence-corrected chi connectivity index (χ3v) is 3.84. The van der Waals surface area contributed by atoms with E-state index < -0.39 is 0 Å². The fourth-order valence-corrected chi connectivity index (χ4v) is 2.85. The number of aromatic amines is 2. The Labute approximate surface area is 120 Å². The summed E-state index contributed by atoms with van der Waals surface area (Å²) in [6.45, 7) is 1.94. The average Bonchev–Trinajstić information content (AvgIpc) is 3.02. The van der Waals surface area contributed by atoms with E-state index in [9.17, 15) is 4.79 Å². The van der Waals surface area contributed by atoms with E-state index in [0.29, 0.717) is 11.2 Å². The largest absolute Gasteiger partial charge is 0.338 e. The zero-order valence-corrected chi connectivity index (χ0v) is 11.6. The Bertz CT molecular complexity index is 879. The van der Waals surface area contributed by atoms with Crippen LogP contribution in [0.15, 0.2) is 35.3 Å². The highest BCUT2D eigenvalue weighted by atomic mass is 16.1. The highest BCUT2D eigenvalue weighted by Gasteiger charge is 2.16. The number of aromatic nitrogens is 3. The molecule has 1 aliphatic rings. The molecule has 6 nitrogen and oxygen atoms in total. The van der Waals surface area contributed by atoms with E-state index in [2.05, 4.69) is 44.6 Å². The Balaban J connectivity index is 1.73. The first kappa shape index (κ1) is 12.2.